The average molecular weight is 416 g/mol. The van der Waals surface area contributed by atoms with Crippen LogP contribution in [-0.4, -0.2) is 43.5 Å². The van der Waals surface area contributed by atoms with E-state index in [2.05, 4.69) is 46.2 Å². The van der Waals surface area contributed by atoms with Crippen molar-refractivity contribution in [1.29, 1.82) is 0 Å². The van der Waals surface area contributed by atoms with Gasteiger partial charge in [0.25, 0.3) is 5.91 Å². The first-order valence-electron chi connectivity index (χ1n) is 10.9. The SMILES string of the molecule is O=C(c1ccc(CN2CCc3ccccc32)cc1)N1CCN(c2ccc(F)cc2)CC1. The van der Waals surface area contributed by atoms with Gasteiger partial charge in [0.1, 0.15) is 5.82 Å². The van der Waals surface area contributed by atoms with Gasteiger partial charge < -0.3 is 14.7 Å². The smallest absolute Gasteiger partial charge is 0.253 e. The summed E-state index contributed by atoms with van der Waals surface area (Å²) in [7, 11) is 0. The van der Waals surface area contributed by atoms with Crippen LogP contribution >= 0.6 is 0 Å². The summed E-state index contributed by atoms with van der Waals surface area (Å²) < 4.78 is 13.1. The molecule has 3 aromatic rings. The van der Waals surface area contributed by atoms with Crippen molar-refractivity contribution in [2.24, 2.45) is 0 Å². The minimum absolute atomic E-state index is 0.0804. The van der Waals surface area contributed by atoms with Crippen LogP contribution in [0.2, 0.25) is 0 Å². The van der Waals surface area contributed by atoms with Gasteiger partial charge in [-0.2, -0.15) is 0 Å². The number of halogens is 1. The van der Waals surface area contributed by atoms with Gasteiger partial charge in [-0.3, -0.25) is 4.79 Å². The molecule has 3 aromatic carbocycles. The van der Waals surface area contributed by atoms with Crippen LogP contribution in [0.5, 0.6) is 0 Å². The molecule has 31 heavy (non-hydrogen) atoms. The first-order chi connectivity index (χ1) is 15.2. The number of nitrogens with zero attached hydrogens (tertiary/aromatic N) is 3. The molecule has 0 bridgehead atoms. The summed E-state index contributed by atoms with van der Waals surface area (Å²) in [6.07, 6.45) is 1.09. The fourth-order valence-corrected chi connectivity index (χ4v) is 4.55. The van der Waals surface area contributed by atoms with Crippen molar-refractivity contribution in [3.63, 3.8) is 0 Å². The molecule has 1 amide bonds. The van der Waals surface area contributed by atoms with E-state index in [1.807, 2.05) is 17.0 Å². The van der Waals surface area contributed by atoms with Crippen molar-refractivity contribution < 1.29 is 9.18 Å². The Morgan fingerprint density at radius 1 is 0.806 bits per heavy atom. The number of benzene rings is 3. The van der Waals surface area contributed by atoms with Crippen molar-refractivity contribution in [1.82, 2.24) is 4.90 Å². The summed E-state index contributed by atoms with van der Waals surface area (Å²) in [6, 6.07) is 23.2. The molecule has 0 aliphatic carbocycles. The largest absolute Gasteiger partial charge is 0.368 e. The Morgan fingerprint density at radius 3 is 2.26 bits per heavy atom. The summed E-state index contributed by atoms with van der Waals surface area (Å²) in [5.41, 5.74) is 5.69. The third-order valence-corrected chi connectivity index (χ3v) is 6.32. The molecule has 0 atom stereocenters. The summed E-state index contributed by atoms with van der Waals surface area (Å²) >= 11 is 0. The summed E-state index contributed by atoms with van der Waals surface area (Å²) in [5, 5.41) is 0. The summed E-state index contributed by atoms with van der Waals surface area (Å²) in [6.45, 7) is 4.75. The highest BCUT2D eigenvalue weighted by Crippen LogP contribution is 2.29. The number of anilines is 2. The lowest BCUT2D eigenvalue weighted by Crippen LogP contribution is -2.48. The Hall–Kier alpha value is -3.34. The minimum atomic E-state index is -0.227. The van der Waals surface area contributed by atoms with Gasteiger partial charge in [-0.05, 0) is 60.0 Å². The maximum Gasteiger partial charge on any atom is 0.253 e. The number of carbonyl (C=O) groups excluding carboxylic acids is 1. The van der Waals surface area contributed by atoms with Crippen molar-refractivity contribution in [3.05, 3.63) is 95.3 Å². The molecule has 0 saturated carbocycles. The predicted octanol–water partition coefficient (Wildman–Crippen LogP) is 4.35. The Labute approximate surface area is 182 Å². The topological polar surface area (TPSA) is 26.8 Å². The molecular formula is C26H26FN3O. The van der Waals surface area contributed by atoms with Crippen molar-refractivity contribution in [2.45, 2.75) is 13.0 Å². The summed E-state index contributed by atoms with van der Waals surface area (Å²) in [5.74, 6) is -0.147. The second-order valence-corrected chi connectivity index (χ2v) is 8.25. The molecule has 1 fully saturated rings. The Bertz CT molecular complexity index is 1060. The molecule has 2 aliphatic heterocycles. The van der Waals surface area contributed by atoms with E-state index in [4.69, 9.17) is 0 Å². The van der Waals surface area contributed by atoms with Crippen LogP contribution in [0.15, 0.2) is 72.8 Å². The average Bonchev–Trinajstić information content (AvgIpc) is 3.23. The van der Waals surface area contributed by atoms with Crippen molar-refractivity contribution in [2.75, 3.05) is 42.5 Å². The highest BCUT2D eigenvalue weighted by atomic mass is 19.1. The number of para-hydroxylation sites is 1. The van der Waals surface area contributed by atoms with Crippen LogP contribution in [0.4, 0.5) is 15.8 Å². The molecule has 0 radical (unpaired) electrons. The molecule has 0 unspecified atom stereocenters. The van der Waals surface area contributed by atoms with E-state index in [0.29, 0.717) is 13.1 Å². The van der Waals surface area contributed by atoms with Gasteiger partial charge in [0.15, 0.2) is 0 Å². The van der Waals surface area contributed by atoms with Crippen LogP contribution in [0.3, 0.4) is 0 Å². The zero-order valence-corrected chi connectivity index (χ0v) is 17.5. The molecule has 2 aliphatic rings. The number of hydrogen-bond acceptors (Lipinski definition) is 3. The predicted molar refractivity (Wildman–Crippen MR) is 122 cm³/mol. The molecule has 5 heteroatoms. The molecule has 0 aromatic heterocycles. The molecular weight excluding hydrogens is 389 g/mol. The van der Waals surface area contributed by atoms with Crippen LogP contribution < -0.4 is 9.80 Å². The van der Waals surface area contributed by atoms with Crippen molar-refractivity contribution in [3.8, 4) is 0 Å². The number of amides is 1. The van der Waals surface area contributed by atoms with Gasteiger partial charge in [0, 0.05) is 56.2 Å². The minimum Gasteiger partial charge on any atom is -0.368 e. The van der Waals surface area contributed by atoms with Crippen LogP contribution in [0.25, 0.3) is 0 Å². The Morgan fingerprint density at radius 2 is 1.52 bits per heavy atom. The van der Waals surface area contributed by atoms with Crippen molar-refractivity contribution >= 4 is 17.3 Å². The number of hydrogen-bond donors (Lipinski definition) is 0. The molecule has 158 valence electrons. The fraction of sp³-hybridized carbons (Fsp3) is 0.269. The highest BCUT2D eigenvalue weighted by molar-refractivity contribution is 5.94. The third kappa shape index (κ3) is 4.13. The molecule has 1 saturated heterocycles. The normalized spacial score (nSPS) is 15.8. The van der Waals surface area contributed by atoms with Gasteiger partial charge in [-0.25, -0.2) is 4.39 Å². The van der Waals surface area contributed by atoms with Gasteiger partial charge in [-0.1, -0.05) is 30.3 Å². The number of fused-ring (bicyclic) bond motifs is 1. The standard InChI is InChI=1S/C26H26FN3O/c27-23-9-11-24(12-10-23)28-15-17-29(18-16-28)26(31)22-7-5-20(6-8-22)19-30-14-13-21-3-1-2-4-25(21)30/h1-12H,13-19H2. The molecule has 0 spiro atoms. The van der Waals surface area contributed by atoms with Crippen LogP contribution in [-0.2, 0) is 13.0 Å². The van der Waals surface area contributed by atoms with Crippen LogP contribution in [0, 0.1) is 5.82 Å². The van der Waals surface area contributed by atoms with E-state index in [0.717, 1.165) is 43.9 Å². The van der Waals surface area contributed by atoms with E-state index < -0.39 is 0 Å². The monoisotopic (exact) mass is 415 g/mol. The second-order valence-electron chi connectivity index (χ2n) is 8.25. The Balaban J connectivity index is 1.19. The highest BCUT2D eigenvalue weighted by Gasteiger charge is 2.23. The lowest BCUT2D eigenvalue weighted by molar-refractivity contribution is 0.0747. The maximum atomic E-state index is 13.1. The van der Waals surface area contributed by atoms with Gasteiger partial charge >= 0.3 is 0 Å². The Kier molecular flexibility index (Phi) is 5.33. The zero-order chi connectivity index (χ0) is 21.2. The lowest BCUT2D eigenvalue weighted by Gasteiger charge is -2.36. The number of carbonyl (C=O) groups is 1. The summed E-state index contributed by atoms with van der Waals surface area (Å²) in [4.78, 5) is 19.5. The number of rotatable bonds is 4. The first-order valence-corrected chi connectivity index (χ1v) is 10.9. The molecule has 2 heterocycles. The second kappa shape index (κ2) is 8.42. The number of piperazine rings is 1. The van der Waals surface area contributed by atoms with E-state index >= 15 is 0 Å². The van der Waals surface area contributed by atoms with E-state index in [1.165, 1.54) is 28.9 Å². The van der Waals surface area contributed by atoms with E-state index in [1.54, 1.807) is 12.1 Å². The maximum absolute atomic E-state index is 13.1. The zero-order valence-electron chi connectivity index (χ0n) is 17.5. The molecule has 5 rings (SSSR count). The first kappa shape index (κ1) is 19.6. The van der Waals surface area contributed by atoms with Crippen LogP contribution in [0.1, 0.15) is 21.5 Å². The van der Waals surface area contributed by atoms with E-state index in [9.17, 15) is 9.18 Å². The molecule has 0 N–H and O–H groups in total. The fourth-order valence-electron chi connectivity index (χ4n) is 4.55. The third-order valence-electron chi connectivity index (χ3n) is 6.32. The molecule has 4 nitrogen and oxygen atoms in total. The quantitative estimate of drug-likeness (QED) is 0.634. The lowest BCUT2D eigenvalue weighted by atomic mass is 10.1. The van der Waals surface area contributed by atoms with Gasteiger partial charge in [-0.15, -0.1) is 0 Å². The van der Waals surface area contributed by atoms with Gasteiger partial charge in [0.05, 0.1) is 0 Å². The van der Waals surface area contributed by atoms with E-state index in [-0.39, 0.29) is 11.7 Å². The van der Waals surface area contributed by atoms with Gasteiger partial charge in [0.2, 0.25) is 0 Å².